The van der Waals surface area contributed by atoms with E-state index < -0.39 is 0 Å². The molecule has 2 saturated heterocycles. The molecule has 2 fully saturated rings. The number of esters is 1. The minimum Gasteiger partial charge on any atom is -0.468 e. The van der Waals surface area contributed by atoms with Crippen LogP contribution in [-0.2, 0) is 9.53 Å². The third kappa shape index (κ3) is 1.78. The number of hydrogen-bond acceptors (Lipinski definition) is 3. The number of piperidine rings is 2. The Labute approximate surface area is 85.4 Å². The molecule has 2 heterocycles. The van der Waals surface area contributed by atoms with Gasteiger partial charge in [0.05, 0.1) is 7.11 Å². The molecule has 0 aromatic rings. The zero-order chi connectivity index (χ0) is 9.97. The molecule has 2 atom stereocenters. The molecule has 2 aliphatic heterocycles. The third-order valence-corrected chi connectivity index (χ3v) is 3.56. The van der Waals surface area contributed by atoms with Crippen LogP contribution >= 0.6 is 0 Å². The van der Waals surface area contributed by atoms with Crippen molar-refractivity contribution in [2.24, 2.45) is 0 Å². The van der Waals surface area contributed by atoms with Crippen LogP contribution in [0.4, 0.5) is 0 Å². The van der Waals surface area contributed by atoms with Crippen LogP contribution in [0.15, 0.2) is 0 Å². The normalized spacial score (nSPS) is 33.5. The number of methoxy groups -OCH3 is 1. The summed E-state index contributed by atoms with van der Waals surface area (Å²) in [5, 5.41) is 0. The summed E-state index contributed by atoms with van der Waals surface area (Å²) in [6.07, 6.45) is 7.28. The monoisotopic (exact) mass is 197 g/mol. The second-order valence-electron chi connectivity index (χ2n) is 4.36. The smallest absolute Gasteiger partial charge is 0.323 e. The molecular weight excluding hydrogens is 178 g/mol. The molecule has 0 aromatic carbocycles. The Kier molecular flexibility index (Phi) is 3.06. The molecule has 2 aliphatic rings. The van der Waals surface area contributed by atoms with E-state index in [9.17, 15) is 4.79 Å². The average molecular weight is 197 g/mol. The van der Waals surface area contributed by atoms with Crippen LogP contribution in [0.25, 0.3) is 0 Å². The summed E-state index contributed by atoms with van der Waals surface area (Å²) >= 11 is 0. The van der Waals surface area contributed by atoms with E-state index in [-0.39, 0.29) is 12.0 Å². The Morgan fingerprint density at radius 1 is 1.21 bits per heavy atom. The molecule has 3 nitrogen and oxygen atoms in total. The predicted molar refractivity (Wildman–Crippen MR) is 54.0 cm³/mol. The first kappa shape index (κ1) is 9.97. The first-order valence-corrected chi connectivity index (χ1v) is 5.66. The largest absolute Gasteiger partial charge is 0.468 e. The molecule has 0 spiro atoms. The Morgan fingerprint density at radius 3 is 2.79 bits per heavy atom. The van der Waals surface area contributed by atoms with Gasteiger partial charge in [0, 0.05) is 6.04 Å². The van der Waals surface area contributed by atoms with Gasteiger partial charge in [-0.05, 0) is 38.6 Å². The fourth-order valence-electron chi connectivity index (χ4n) is 2.85. The summed E-state index contributed by atoms with van der Waals surface area (Å²) in [7, 11) is 1.50. The number of ether oxygens (including phenoxy) is 1. The first-order valence-electron chi connectivity index (χ1n) is 5.66. The van der Waals surface area contributed by atoms with Crippen LogP contribution < -0.4 is 0 Å². The number of carbonyl (C=O) groups is 1. The first-order chi connectivity index (χ1) is 6.83. The van der Waals surface area contributed by atoms with Gasteiger partial charge in [-0.1, -0.05) is 6.42 Å². The van der Waals surface area contributed by atoms with Crippen LogP contribution in [-0.4, -0.2) is 36.6 Å². The number of fused-ring (bicyclic) bond motifs is 1. The summed E-state index contributed by atoms with van der Waals surface area (Å²) in [5.74, 6) is -0.0309. The lowest BCUT2D eigenvalue weighted by molar-refractivity contribution is -0.150. The summed E-state index contributed by atoms with van der Waals surface area (Å²) < 4.78 is 4.86. The van der Waals surface area contributed by atoms with Gasteiger partial charge in [0.15, 0.2) is 0 Å². The van der Waals surface area contributed by atoms with E-state index in [1.165, 1.54) is 39.2 Å². The number of hydrogen-bond donors (Lipinski definition) is 0. The Bertz CT molecular complexity index is 215. The van der Waals surface area contributed by atoms with Crippen molar-refractivity contribution >= 4 is 5.97 Å². The van der Waals surface area contributed by atoms with Gasteiger partial charge in [-0.3, -0.25) is 9.69 Å². The van der Waals surface area contributed by atoms with Gasteiger partial charge in [0.25, 0.3) is 0 Å². The molecule has 2 unspecified atom stereocenters. The predicted octanol–water partition coefficient (Wildman–Crippen LogP) is 1.57. The highest BCUT2D eigenvalue weighted by Gasteiger charge is 2.36. The van der Waals surface area contributed by atoms with Crippen molar-refractivity contribution in [2.45, 2.75) is 50.6 Å². The number of nitrogens with zero attached hydrogens (tertiary/aromatic N) is 1. The van der Waals surface area contributed by atoms with Crippen LogP contribution in [0.2, 0.25) is 0 Å². The van der Waals surface area contributed by atoms with E-state index in [2.05, 4.69) is 4.90 Å². The maximum atomic E-state index is 11.6. The fourth-order valence-corrected chi connectivity index (χ4v) is 2.85. The maximum absolute atomic E-state index is 11.6. The van der Waals surface area contributed by atoms with Crippen molar-refractivity contribution in [3.63, 3.8) is 0 Å². The molecule has 0 saturated carbocycles. The van der Waals surface area contributed by atoms with Crippen molar-refractivity contribution in [1.29, 1.82) is 0 Å². The van der Waals surface area contributed by atoms with E-state index in [4.69, 9.17) is 4.74 Å². The van der Waals surface area contributed by atoms with Crippen molar-refractivity contribution in [3.8, 4) is 0 Å². The van der Waals surface area contributed by atoms with Crippen molar-refractivity contribution < 1.29 is 9.53 Å². The van der Waals surface area contributed by atoms with Crippen molar-refractivity contribution in [1.82, 2.24) is 4.90 Å². The third-order valence-electron chi connectivity index (χ3n) is 3.56. The highest BCUT2D eigenvalue weighted by Crippen LogP contribution is 2.30. The summed E-state index contributed by atoms with van der Waals surface area (Å²) in [6, 6.07) is 0.709. The summed E-state index contributed by atoms with van der Waals surface area (Å²) in [4.78, 5) is 13.9. The standard InChI is InChI=1S/C11H19NO2/c1-14-11(13)10-7-4-6-9-5-2-3-8-12(9)10/h9-10H,2-8H2,1H3. The molecular formula is C11H19NO2. The SMILES string of the molecule is COC(=O)C1CCCC2CCCCN21. The molecule has 3 heteroatoms. The lowest BCUT2D eigenvalue weighted by atomic mass is 9.89. The molecule has 0 amide bonds. The quantitative estimate of drug-likeness (QED) is 0.597. The fraction of sp³-hybridized carbons (Fsp3) is 0.909. The van der Waals surface area contributed by atoms with Gasteiger partial charge in [-0.15, -0.1) is 0 Å². The zero-order valence-electron chi connectivity index (χ0n) is 8.87. The second-order valence-corrected chi connectivity index (χ2v) is 4.36. The molecule has 2 rings (SSSR count). The lowest BCUT2D eigenvalue weighted by Crippen LogP contribution is -2.52. The average Bonchev–Trinajstić information content (AvgIpc) is 2.27. The van der Waals surface area contributed by atoms with Gasteiger partial charge in [0.2, 0.25) is 0 Å². The van der Waals surface area contributed by atoms with Gasteiger partial charge in [-0.25, -0.2) is 0 Å². The van der Waals surface area contributed by atoms with Gasteiger partial charge in [0.1, 0.15) is 6.04 Å². The van der Waals surface area contributed by atoms with E-state index in [1.807, 2.05) is 0 Å². The summed E-state index contributed by atoms with van der Waals surface area (Å²) in [5.41, 5.74) is 0. The Balaban J connectivity index is 2.04. The molecule has 80 valence electrons. The molecule has 0 aromatic heterocycles. The maximum Gasteiger partial charge on any atom is 0.323 e. The van der Waals surface area contributed by atoms with E-state index in [0.29, 0.717) is 6.04 Å². The summed E-state index contributed by atoms with van der Waals surface area (Å²) in [6.45, 7) is 1.09. The number of rotatable bonds is 1. The molecule has 14 heavy (non-hydrogen) atoms. The van der Waals surface area contributed by atoms with Crippen LogP contribution in [0, 0.1) is 0 Å². The van der Waals surface area contributed by atoms with Gasteiger partial charge in [-0.2, -0.15) is 0 Å². The minimum atomic E-state index is -0.0309. The second kappa shape index (κ2) is 4.30. The van der Waals surface area contributed by atoms with Crippen LogP contribution in [0.3, 0.4) is 0 Å². The minimum absolute atomic E-state index is 0.0309. The highest BCUT2D eigenvalue weighted by atomic mass is 16.5. The molecule has 0 N–H and O–H groups in total. The van der Waals surface area contributed by atoms with Crippen LogP contribution in [0.1, 0.15) is 38.5 Å². The molecule has 0 radical (unpaired) electrons. The lowest BCUT2D eigenvalue weighted by Gasteiger charge is -2.43. The van der Waals surface area contributed by atoms with E-state index in [1.54, 1.807) is 0 Å². The highest BCUT2D eigenvalue weighted by molar-refractivity contribution is 5.75. The van der Waals surface area contributed by atoms with Gasteiger partial charge < -0.3 is 4.74 Å². The molecule has 0 aliphatic carbocycles. The molecule has 0 bridgehead atoms. The Hall–Kier alpha value is -0.570. The van der Waals surface area contributed by atoms with Crippen LogP contribution in [0.5, 0.6) is 0 Å². The van der Waals surface area contributed by atoms with Crippen molar-refractivity contribution in [2.75, 3.05) is 13.7 Å². The van der Waals surface area contributed by atoms with Crippen molar-refractivity contribution in [3.05, 3.63) is 0 Å². The topological polar surface area (TPSA) is 29.5 Å². The zero-order valence-corrected chi connectivity index (χ0v) is 8.87. The Morgan fingerprint density at radius 2 is 2.00 bits per heavy atom. The van der Waals surface area contributed by atoms with E-state index in [0.717, 1.165) is 13.0 Å². The number of carbonyl (C=O) groups excluding carboxylic acids is 1. The van der Waals surface area contributed by atoms with E-state index >= 15 is 0 Å². The van der Waals surface area contributed by atoms with Gasteiger partial charge >= 0.3 is 5.97 Å².